The number of fused-ring (bicyclic) bond motifs is 3. The molecule has 12 aromatic carbocycles. The summed E-state index contributed by atoms with van der Waals surface area (Å²) in [4.78, 5) is 0. The molecule has 470 valence electrons. The Hall–Kier alpha value is -11.8. The molecule has 12 aromatic rings. The van der Waals surface area contributed by atoms with Crippen LogP contribution >= 0.6 is 0 Å². The Morgan fingerprint density at radius 2 is 0.533 bits per heavy atom. The van der Waals surface area contributed by atoms with Gasteiger partial charge in [-0.3, -0.25) is 0 Å². The van der Waals surface area contributed by atoms with Gasteiger partial charge in [0.15, 0.2) is 0 Å². The van der Waals surface area contributed by atoms with E-state index in [0.717, 1.165) is 90.3 Å². The van der Waals surface area contributed by atoms with E-state index in [-0.39, 0.29) is 109 Å². The van der Waals surface area contributed by atoms with Crippen molar-refractivity contribution >= 4 is 32.3 Å². The third kappa shape index (κ3) is 15.4. The lowest BCUT2D eigenvalue weighted by Gasteiger charge is -2.14. The topological polar surface area (TPSA) is 344 Å². The molecule has 0 radical (unpaired) electrons. The van der Waals surface area contributed by atoms with Gasteiger partial charge in [0.05, 0.1) is 5.39 Å². The first-order chi connectivity index (χ1) is 43.7. The second kappa shape index (κ2) is 27.3. The fraction of sp³-hybridized carbons (Fsp3) is 0.120. The molecule has 17 heteroatoms. The molecule has 0 aromatic heterocycles. The lowest BCUT2D eigenvalue weighted by Crippen LogP contribution is -2.00. The molecule has 0 fully saturated rings. The first-order valence-corrected chi connectivity index (χ1v) is 28.8. The average Bonchev–Trinajstić information content (AvgIpc) is 1.15. The van der Waals surface area contributed by atoms with Crippen LogP contribution in [0.2, 0.25) is 0 Å². The van der Waals surface area contributed by atoms with Gasteiger partial charge in [0.1, 0.15) is 98.1 Å². The number of phenolic OH excluding ortho intramolecular Hbond substituents is 16. The SMILES string of the molecule is Cc1cc(Cc2cc3ccc(O)cc3cc2O)c(O)c(Cc2cc3ccc(O)cc3cc2O)c1.Cc1ccc(O)c(Cc2cc(C)cc(Cc3cc(C)ccc3O)c2O)c1.Oc1cc(O)c2c(O)cc(O)cc2c1.Oc1ccc(C(O)c2ccc(O)cc2O)c(O)c1. The van der Waals surface area contributed by atoms with E-state index in [4.69, 9.17) is 20.4 Å². The average molecular weight is 1240 g/mol. The molecule has 12 rings (SSSR count). The number of aliphatic hydroxyl groups is 1. The summed E-state index contributed by atoms with van der Waals surface area (Å²) in [6, 6.07) is 48.0. The molecule has 0 unspecified atom stereocenters. The van der Waals surface area contributed by atoms with Crippen LogP contribution in [-0.4, -0.2) is 86.8 Å². The van der Waals surface area contributed by atoms with Gasteiger partial charge in [0.25, 0.3) is 0 Å². The minimum absolute atomic E-state index is 0.0935. The quantitative estimate of drug-likeness (QED) is 0.0605. The van der Waals surface area contributed by atoms with Crippen LogP contribution in [0, 0.1) is 27.7 Å². The summed E-state index contributed by atoms with van der Waals surface area (Å²) < 4.78 is 0. The Labute approximate surface area is 528 Å². The zero-order valence-electron chi connectivity index (χ0n) is 50.3. The van der Waals surface area contributed by atoms with Crippen LogP contribution in [0.4, 0.5) is 0 Å². The van der Waals surface area contributed by atoms with Gasteiger partial charge in [-0.25, -0.2) is 0 Å². The maximum absolute atomic E-state index is 11.1. The molecule has 0 aliphatic rings. The van der Waals surface area contributed by atoms with Gasteiger partial charge < -0.3 is 86.8 Å². The standard InChI is InChI=1S/C29H24O5.C23H24O3.C13H12O5.C10H8O4/c1-16-6-23(10-21-8-17-2-4-25(30)12-19(17)14-27(21)32)29(34)24(7-16)11-22-9-18-3-5-26(31)13-20(18)15-28(22)33;1-14-4-6-21(24)17(8-14)12-19-10-16(3)11-20(23(19)26)13-18-9-15(2)5-7-22(18)25;14-7-1-3-9(11(16)5-7)13(18)10-4-2-8(15)6-12(10)17;11-6-1-5-2-7(12)4-9(14)10(5)8(13)3-6/h2-9,12-15,30-34H,10-11H2,1H3;4-11,24-26H,12-13H2,1-3H3;1-6,13-18H;1-4,11-14H. The molecule has 0 heterocycles. The first kappa shape index (κ1) is 64.6. The molecular formula is C75H68O17. The van der Waals surface area contributed by atoms with E-state index in [1.54, 1.807) is 60.7 Å². The molecule has 17 nitrogen and oxygen atoms in total. The highest BCUT2D eigenvalue weighted by Gasteiger charge is 2.20. The summed E-state index contributed by atoms with van der Waals surface area (Å²) in [5.74, 6) is -0.255. The van der Waals surface area contributed by atoms with Gasteiger partial charge in [0, 0.05) is 61.1 Å². The third-order valence-corrected chi connectivity index (χ3v) is 15.5. The number of phenols is 16. The van der Waals surface area contributed by atoms with Crippen LogP contribution in [0.25, 0.3) is 32.3 Å². The zero-order valence-corrected chi connectivity index (χ0v) is 50.3. The summed E-state index contributed by atoms with van der Waals surface area (Å²) in [5, 5.41) is 171. The van der Waals surface area contributed by atoms with Crippen molar-refractivity contribution in [3.05, 3.63) is 260 Å². The van der Waals surface area contributed by atoms with E-state index < -0.39 is 6.10 Å². The molecule has 0 atom stereocenters. The number of benzene rings is 12. The second-order valence-corrected chi connectivity index (χ2v) is 22.8. The van der Waals surface area contributed by atoms with Gasteiger partial charge in [-0.05, 0) is 196 Å². The van der Waals surface area contributed by atoms with Crippen molar-refractivity contribution in [1.82, 2.24) is 0 Å². The number of aliphatic hydroxyl groups excluding tert-OH is 1. The lowest BCUT2D eigenvalue weighted by molar-refractivity contribution is 0.210. The van der Waals surface area contributed by atoms with Gasteiger partial charge in [-0.15, -0.1) is 0 Å². The summed E-state index contributed by atoms with van der Waals surface area (Å²) >= 11 is 0. The van der Waals surface area contributed by atoms with Gasteiger partial charge in [0.2, 0.25) is 0 Å². The van der Waals surface area contributed by atoms with E-state index >= 15 is 0 Å². The highest BCUT2D eigenvalue weighted by atomic mass is 16.3. The molecule has 0 bridgehead atoms. The maximum Gasteiger partial charge on any atom is 0.130 e. The van der Waals surface area contributed by atoms with Gasteiger partial charge in [-0.1, -0.05) is 82.9 Å². The minimum atomic E-state index is -1.26. The predicted molar refractivity (Wildman–Crippen MR) is 351 cm³/mol. The van der Waals surface area contributed by atoms with E-state index in [9.17, 15) is 66.4 Å². The summed E-state index contributed by atoms with van der Waals surface area (Å²) in [6.07, 6.45) is 0.297. The van der Waals surface area contributed by atoms with Crippen LogP contribution < -0.4 is 0 Å². The second-order valence-electron chi connectivity index (χ2n) is 22.8. The van der Waals surface area contributed by atoms with Crippen LogP contribution in [0.5, 0.6) is 92.0 Å². The summed E-state index contributed by atoms with van der Waals surface area (Å²) in [6.45, 7) is 7.88. The van der Waals surface area contributed by atoms with Crippen LogP contribution in [-0.2, 0) is 25.7 Å². The smallest absolute Gasteiger partial charge is 0.130 e. The molecule has 0 aliphatic heterocycles. The molecule has 0 spiro atoms. The highest BCUT2D eigenvalue weighted by molar-refractivity contribution is 5.95. The van der Waals surface area contributed by atoms with Crippen molar-refractivity contribution in [2.24, 2.45) is 0 Å². The largest absolute Gasteiger partial charge is 0.508 e. The van der Waals surface area contributed by atoms with Crippen LogP contribution in [0.15, 0.2) is 182 Å². The highest BCUT2D eigenvalue weighted by Crippen LogP contribution is 2.41. The Bertz CT molecular complexity index is 4460. The first-order valence-electron chi connectivity index (χ1n) is 28.8. The number of hydrogen-bond donors (Lipinski definition) is 17. The van der Waals surface area contributed by atoms with E-state index in [1.807, 2.05) is 88.4 Å². The molecule has 0 aliphatic carbocycles. The van der Waals surface area contributed by atoms with Crippen LogP contribution in [0.3, 0.4) is 0 Å². The molecule has 17 N–H and O–H groups in total. The molecular weight excluding hydrogens is 1170 g/mol. The van der Waals surface area contributed by atoms with Crippen molar-refractivity contribution in [2.45, 2.75) is 59.5 Å². The monoisotopic (exact) mass is 1240 g/mol. The molecule has 0 saturated carbocycles. The fourth-order valence-electron chi connectivity index (χ4n) is 11.0. The van der Waals surface area contributed by atoms with Crippen molar-refractivity contribution in [2.75, 3.05) is 0 Å². The van der Waals surface area contributed by atoms with Crippen molar-refractivity contribution in [3.8, 4) is 92.0 Å². The number of aromatic hydroxyl groups is 16. The van der Waals surface area contributed by atoms with Crippen molar-refractivity contribution in [1.29, 1.82) is 0 Å². The Kier molecular flexibility index (Phi) is 19.2. The van der Waals surface area contributed by atoms with Gasteiger partial charge in [-0.2, -0.15) is 0 Å². The number of aryl methyl sites for hydroxylation is 4. The summed E-state index contributed by atoms with van der Waals surface area (Å²) in [5.41, 5.74) is 10.2. The number of rotatable bonds is 10. The predicted octanol–water partition coefficient (Wildman–Crippen LogP) is 14.2. The van der Waals surface area contributed by atoms with Crippen molar-refractivity contribution < 1.29 is 86.8 Å². The Morgan fingerprint density at radius 1 is 0.228 bits per heavy atom. The summed E-state index contributed by atoms with van der Waals surface area (Å²) in [7, 11) is 0. The van der Waals surface area contributed by atoms with E-state index in [0.29, 0.717) is 53.3 Å². The third-order valence-electron chi connectivity index (χ3n) is 15.5. The Balaban J connectivity index is 0.000000153. The van der Waals surface area contributed by atoms with Crippen molar-refractivity contribution in [3.63, 3.8) is 0 Å². The van der Waals surface area contributed by atoms with Gasteiger partial charge >= 0.3 is 0 Å². The normalized spacial score (nSPS) is 11.0. The minimum Gasteiger partial charge on any atom is -0.508 e. The van der Waals surface area contributed by atoms with Crippen LogP contribution in [0.1, 0.15) is 84.0 Å². The fourth-order valence-corrected chi connectivity index (χ4v) is 11.0. The zero-order chi connectivity index (χ0) is 66.4. The van der Waals surface area contributed by atoms with E-state index in [2.05, 4.69) is 0 Å². The van der Waals surface area contributed by atoms with E-state index in [1.165, 1.54) is 36.4 Å². The molecule has 0 saturated heterocycles. The lowest BCUT2D eigenvalue weighted by atomic mass is 9.93. The molecule has 0 amide bonds. The molecule has 92 heavy (non-hydrogen) atoms. The number of hydrogen-bond acceptors (Lipinski definition) is 17. The Morgan fingerprint density at radius 3 is 0.891 bits per heavy atom. The maximum atomic E-state index is 11.1.